The first-order chi connectivity index (χ1) is 9.77. The summed E-state index contributed by atoms with van der Waals surface area (Å²) >= 11 is 0. The predicted molar refractivity (Wildman–Crippen MR) is 79.9 cm³/mol. The number of nitrogens with zero attached hydrogens (tertiary/aromatic N) is 1. The van der Waals surface area contributed by atoms with Gasteiger partial charge in [-0.3, -0.25) is 19.9 Å². The lowest BCUT2D eigenvalue weighted by molar-refractivity contribution is -0.142. The lowest BCUT2D eigenvalue weighted by atomic mass is 9.87. The smallest absolute Gasteiger partial charge is 0.325 e. The van der Waals surface area contributed by atoms with Crippen LogP contribution in [0.1, 0.15) is 18.1 Å². The summed E-state index contributed by atoms with van der Waals surface area (Å²) in [6, 6.07) is 5.64. The van der Waals surface area contributed by atoms with E-state index in [0.29, 0.717) is 16.0 Å². The Balaban J connectivity index is 0.00000242. The molecule has 1 aromatic carbocycles. The van der Waals surface area contributed by atoms with Crippen LogP contribution in [0, 0.1) is 5.41 Å². The number of benzene rings is 1. The van der Waals surface area contributed by atoms with Crippen molar-refractivity contribution in [2.45, 2.75) is 12.5 Å². The third kappa shape index (κ3) is 2.73. The number of carbonyl (C=O) groups excluding carboxylic acids is 2. The number of hydrogen-bond acceptors (Lipinski definition) is 4. The lowest BCUT2D eigenvalue weighted by Crippen LogP contribution is -2.43. The summed E-state index contributed by atoms with van der Waals surface area (Å²) in [5, 5.41) is 18.8. The van der Waals surface area contributed by atoms with Gasteiger partial charge < -0.3 is 16.2 Å². The Morgan fingerprint density at radius 2 is 2.00 bits per heavy atom. The van der Waals surface area contributed by atoms with Gasteiger partial charge in [0.05, 0.1) is 0 Å². The summed E-state index contributed by atoms with van der Waals surface area (Å²) in [5.41, 5.74) is 4.70. The number of hydrogen-bond donors (Lipinski definition) is 4. The molecule has 0 aliphatic carbocycles. The zero-order valence-corrected chi connectivity index (χ0v) is 12.4. The van der Waals surface area contributed by atoms with Crippen molar-refractivity contribution in [3.63, 3.8) is 0 Å². The maximum Gasteiger partial charge on any atom is 0.325 e. The van der Waals surface area contributed by atoms with Gasteiger partial charge in [0.15, 0.2) is 0 Å². The second-order valence-corrected chi connectivity index (χ2v) is 4.80. The molecular formula is C13H15ClN4O4. The van der Waals surface area contributed by atoms with Crippen LogP contribution in [0.2, 0.25) is 0 Å². The van der Waals surface area contributed by atoms with Gasteiger partial charge in [0, 0.05) is 5.56 Å². The molecule has 5 N–H and O–H groups in total. The van der Waals surface area contributed by atoms with Gasteiger partial charge in [0.2, 0.25) is 0 Å². The Morgan fingerprint density at radius 1 is 1.41 bits per heavy atom. The minimum atomic E-state index is -1.45. The van der Waals surface area contributed by atoms with Gasteiger partial charge in [0.1, 0.15) is 17.9 Å². The zero-order chi connectivity index (χ0) is 15.8. The molecule has 1 fully saturated rings. The molecule has 1 heterocycles. The summed E-state index contributed by atoms with van der Waals surface area (Å²) in [4.78, 5) is 35.6. The largest absolute Gasteiger partial charge is 0.480 e. The fraction of sp³-hybridized carbons (Fsp3) is 0.231. The highest BCUT2D eigenvalue weighted by molar-refractivity contribution is 6.10. The molecule has 8 nitrogen and oxygen atoms in total. The molecule has 0 radical (unpaired) electrons. The van der Waals surface area contributed by atoms with Gasteiger partial charge >= 0.3 is 12.0 Å². The third-order valence-corrected chi connectivity index (χ3v) is 3.32. The van der Waals surface area contributed by atoms with E-state index in [2.05, 4.69) is 5.32 Å². The first kappa shape index (κ1) is 17.4. The summed E-state index contributed by atoms with van der Waals surface area (Å²) in [5.74, 6) is -2.23. The monoisotopic (exact) mass is 326 g/mol. The Bertz CT molecular complexity index is 663. The molecule has 1 aliphatic rings. The first-order valence-corrected chi connectivity index (χ1v) is 6.07. The lowest BCUT2D eigenvalue weighted by Gasteiger charge is -2.24. The fourth-order valence-corrected chi connectivity index (χ4v) is 2.31. The number of aliphatic carboxylic acids is 1. The highest BCUT2D eigenvalue weighted by Gasteiger charge is 2.50. The van der Waals surface area contributed by atoms with Crippen molar-refractivity contribution < 1.29 is 19.5 Å². The van der Waals surface area contributed by atoms with Gasteiger partial charge in [-0.15, -0.1) is 12.4 Å². The van der Waals surface area contributed by atoms with E-state index in [0.717, 1.165) is 0 Å². The SMILES string of the molecule is CC1(c2ccccc2C(=N)N)NC(=O)N(CC(=O)O)C1=O.Cl. The average Bonchev–Trinajstić information content (AvgIpc) is 2.63. The normalized spacial score (nSPS) is 20.3. The standard InChI is InChI=1S/C13H14N4O4.ClH/c1-13(8-5-3-2-4-7(8)10(14)15)11(20)17(6-9(18)19)12(21)16-13;/h2-5H,6H2,1H3,(H3,14,15)(H,16,21)(H,18,19);1H. The molecule has 1 saturated heterocycles. The summed E-state index contributed by atoms with van der Waals surface area (Å²) in [7, 11) is 0. The van der Waals surface area contributed by atoms with E-state index in [1.54, 1.807) is 24.3 Å². The Hall–Kier alpha value is -2.61. The van der Waals surface area contributed by atoms with Crippen molar-refractivity contribution in [2.24, 2.45) is 5.73 Å². The van der Waals surface area contributed by atoms with Crippen molar-refractivity contribution in [3.8, 4) is 0 Å². The Kier molecular flexibility index (Phi) is 4.77. The maximum atomic E-state index is 12.4. The van der Waals surface area contributed by atoms with Crippen molar-refractivity contribution >= 4 is 36.2 Å². The van der Waals surface area contributed by atoms with Gasteiger partial charge in [0.25, 0.3) is 5.91 Å². The van der Waals surface area contributed by atoms with E-state index in [4.69, 9.17) is 16.2 Å². The topological polar surface area (TPSA) is 137 Å². The highest BCUT2D eigenvalue weighted by atomic mass is 35.5. The van der Waals surface area contributed by atoms with Gasteiger partial charge in [-0.05, 0) is 12.5 Å². The third-order valence-electron chi connectivity index (χ3n) is 3.32. The van der Waals surface area contributed by atoms with E-state index < -0.39 is 30.0 Å². The van der Waals surface area contributed by atoms with E-state index in [-0.39, 0.29) is 18.2 Å². The zero-order valence-electron chi connectivity index (χ0n) is 11.6. The molecule has 1 atom stereocenters. The van der Waals surface area contributed by atoms with Gasteiger partial charge in [-0.25, -0.2) is 4.79 Å². The number of urea groups is 1. The van der Waals surface area contributed by atoms with Crippen LogP contribution in [0.5, 0.6) is 0 Å². The van der Waals surface area contributed by atoms with Gasteiger partial charge in [-0.2, -0.15) is 0 Å². The molecule has 0 aromatic heterocycles. The number of imide groups is 1. The van der Waals surface area contributed by atoms with E-state index in [1.165, 1.54) is 6.92 Å². The number of nitrogen functional groups attached to an aromatic ring is 1. The van der Waals surface area contributed by atoms with Crippen LogP contribution in [-0.4, -0.2) is 40.3 Å². The molecular weight excluding hydrogens is 312 g/mol. The number of halogens is 1. The average molecular weight is 327 g/mol. The van der Waals surface area contributed by atoms with Crippen molar-refractivity contribution in [3.05, 3.63) is 35.4 Å². The molecule has 0 saturated carbocycles. The van der Waals surface area contributed by atoms with E-state index in [9.17, 15) is 14.4 Å². The first-order valence-electron chi connectivity index (χ1n) is 6.07. The second-order valence-electron chi connectivity index (χ2n) is 4.80. The minimum absolute atomic E-state index is 0. The number of nitrogens with one attached hydrogen (secondary N) is 2. The summed E-state index contributed by atoms with van der Waals surface area (Å²) < 4.78 is 0. The number of nitrogens with two attached hydrogens (primary N) is 1. The molecule has 1 unspecified atom stereocenters. The van der Waals surface area contributed by atoms with E-state index >= 15 is 0 Å². The van der Waals surface area contributed by atoms with Crippen molar-refractivity contribution in [1.82, 2.24) is 10.2 Å². The molecule has 3 amide bonds. The molecule has 22 heavy (non-hydrogen) atoms. The molecule has 0 bridgehead atoms. The quantitative estimate of drug-likeness (QED) is 0.357. The van der Waals surface area contributed by atoms with Crippen molar-refractivity contribution in [1.29, 1.82) is 5.41 Å². The molecule has 1 aromatic rings. The number of rotatable bonds is 4. The molecule has 1 aliphatic heterocycles. The fourth-order valence-electron chi connectivity index (χ4n) is 2.31. The minimum Gasteiger partial charge on any atom is -0.480 e. The van der Waals surface area contributed by atoms with Crippen LogP contribution < -0.4 is 11.1 Å². The number of amidine groups is 1. The van der Waals surface area contributed by atoms with Crippen LogP contribution in [0.3, 0.4) is 0 Å². The summed E-state index contributed by atoms with van der Waals surface area (Å²) in [6.45, 7) is 0.735. The van der Waals surface area contributed by atoms with Crippen LogP contribution in [-0.2, 0) is 15.1 Å². The highest BCUT2D eigenvalue weighted by Crippen LogP contribution is 2.30. The molecule has 0 spiro atoms. The number of carboxylic acid groups (broad SMARTS) is 1. The van der Waals surface area contributed by atoms with E-state index in [1.807, 2.05) is 0 Å². The predicted octanol–water partition coefficient (Wildman–Crippen LogP) is 0.244. The molecule has 9 heteroatoms. The molecule has 2 rings (SSSR count). The van der Waals surface area contributed by atoms with Crippen LogP contribution in [0.15, 0.2) is 24.3 Å². The van der Waals surface area contributed by atoms with Crippen LogP contribution >= 0.6 is 12.4 Å². The number of carboxylic acids is 1. The second kappa shape index (κ2) is 6.02. The van der Waals surface area contributed by atoms with Gasteiger partial charge in [-0.1, -0.05) is 24.3 Å². The van der Waals surface area contributed by atoms with Crippen LogP contribution in [0.25, 0.3) is 0 Å². The Labute approximate surface area is 132 Å². The maximum absolute atomic E-state index is 12.4. The van der Waals surface area contributed by atoms with Crippen LogP contribution in [0.4, 0.5) is 4.79 Å². The number of amides is 3. The Morgan fingerprint density at radius 3 is 2.55 bits per heavy atom. The summed E-state index contributed by atoms with van der Waals surface area (Å²) in [6.07, 6.45) is 0. The van der Waals surface area contributed by atoms with Crippen molar-refractivity contribution in [2.75, 3.05) is 6.54 Å². The number of carbonyl (C=O) groups is 3. The molecule has 118 valence electrons.